The van der Waals surface area contributed by atoms with Crippen LogP contribution in [0.2, 0.25) is 0 Å². The van der Waals surface area contributed by atoms with Crippen LogP contribution in [-0.4, -0.2) is 30.4 Å². The second-order valence-corrected chi connectivity index (χ2v) is 7.83. The van der Waals surface area contributed by atoms with Crippen molar-refractivity contribution in [2.45, 2.75) is 24.4 Å². The summed E-state index contributed by atoms with van der Waals surface area (Å²) in [7, 11) is 0. The van der Waals surface area contributed by atoms with Crippen LogP contribution in [0.25, 0.3) is 0 Å². The van der Waals surface area contributed by atoms with Crippen molar-refractivity contribution >= 4 is 5.91 Å². The molecule has 1 aliphatic heterocycles. The Morgan fingerprint density at radius 1 is 1.00 bits per heavy atom. The molecule has 6 heteroatoms. The van der Waals surface area contributed by atoms with Crippen molar-refractivity contribution in [3.8, 4) is 0 Å². The van der Waals surface area contributed by atoms with Gasteiger partial charge in [-0.25, -0.2) is 0 Å². The molecule has 1 saturated heterocycles. The molecule has 2 aromatic rings. The van der Waals surface area contributed by atoms with E-state index >= 15 is 0 Å². The van der Waals surface area contributed by atoms with E-state index in [1.807, 2.05) is 23.1 Å². The normalized spacial score (nSPS) is 27.1. The Morgan fingerprint density at radius 2 is 1.71 bits per heavy atom. The highest BCUT2D eigenvalue weighted by Crippen LogP contribution is 2.50. The fourth-order valence-corrected chi connectivity index (χ4v) is 4.38. The first kappa shape index (κ1) is 19.0. The van der Waals surface area contributed by atoms with Crippen LogP contribution >= 0.6 is 0 Å². The summed E-state index contributed by atoms with van der Waals surface area (Å²) in [5.41, 5.74) is 7.07. The summed E-state index contributed by atoms with van der Waals surface area (Å²) in [6, 6.07) is 15.4. The van der Waals surface area contributed by atoms with Crippen LogP contribution in [0.1, 0.15) is 34.9 Å². The van der Waals surface area contributed by atoms with E-state index in [-0.39, 0.29) is 29.6 Å². The van der Waals surface area contributed by atoms with Crippen molar-refractivity contribution in [3.05, 3.63) is 71.3 Å². The lowest BCUT2D eigenvalue weighted by molar-refractivity contribution is -0.137. The van der Waals surface area contributed by atoms with E-state index in [1.165, 1.54) is 17.7 Å². The van der Waals surface area contributed by atoms with Crippen LogP contribution in [0.15, 0.2) is 54.6 Å². The van der Waals surface area contributed by atoms with Crippen LogP contribution < -0.4 is 5.73 Å². The predicted molar refractivity (Wildman–Crippen MR) is 101 cm³/mol. The number of hydrogen-bond acceptors (Lipinski definition) is 2. The monoisotopic (exact) mass is 388 g/mol. The summed E-state index contributed by atoms with van der Waals surface area (Å²) in [6.07, 6.45) is -3.75. The number of alkyl halides is 3. The number of nitrogens with two attached hydrogens (primary N) is 1. The molecule has 4 rings (SSSR count). The van der Waals surface area contributed by atoms with Crippen molar-refractivity contribution < 1.29 is 18.0 Å². The highest BCUT2D eigenvalue weighted by Gasteiger charge is 2.48. The SMILES string of the molecule is NC[C@@H]1CN(C(=O)C2CC2c2cccc(C(F)(F)F)c2)C[C@H]1c1ccccc1. The quantitative estimate of drug-likeness (QED) is 0.860. The van der Waals surface area contributed by atoms with E-state index in [0.717, 1.165) is 6.07 Å². The molecular formula is C22H23F3N2O. The maximum Gasteiger partial charge on any atom is 0.416 e. The van der Waals surface area contributed by atoms with E-state index in [4.69, 9.17) is 5.73 Å². The van der Waals surface area contributed by atoms with Crippen LogP contribution in [-0.2, 0) is 11.0 Å². The van der Waals surface area contributed by atoms with Crippen molar-refractivity contribution in [1.82, 2.24) is 4.90 Å². The van der Waals surface area contributed by atoms with Crippen LogP contribution in [0, 0.1) is 11.8 Å². The van der Waals surface area contributed by atoms with E-state index in [0.29, 0.717) is 31.6 Å². The largest absolute Gasteiger partial charge is 0.416 e. The Hall–Kier alpha value is -2.34. The minimum Gasteiger partial charge on any atom is -0.341 e. The first-order valence-corrected chi connectivity index (χ1v) is 9.59. The summed E-state index contributed by atoms with van der Waals surface area (Å²) in [5, 5.41) is 0. The second-order valence-electron chi connectivity index (χ2n) is 7.83. The van der Waals surface area contributed by atoms with Gasteiger partial charge in [0.25, 0.3) is 0 Å². The predicted octanol–water partition coefficient (Wildman–Crippen LogP) is 4.01. The smallest absolute Gasteiger partial charge is 0.341 e. The number of rotatable bonds is 4. The third kappa shape index (κ3) is 3.65. The molecule has 1 amide bonds. The molecule has 0 bridgehead atoms. The number of amides is 1. The molecular weight excluding hydrogens is 365 g/mol. The Labute approximate surface area is 162 Å². The number of carbonyl (C=O) groups excluding carboxylic acids is 1. The minimum absolute atomic E-state index is 0.0410. The fourth-order valence-electron chi connectivity index (χ4n) is 4.38. The van der Waals surface area contributed by atoms with Gasteiger partial charge in [-0.15, -0.1) is 0 Å². The molecule has 2 unspecified atom stereocenters. The van der Waals surface area contributed by atoms with E-state index in [1.54, 1.807) is 6.07 Å². The topological polar surface area (TPSA) is 46.3 Å². The average molecular weight is 388 g/mol. The maximum atomic E-state index is 13.0. The lowest BCUT2D eigenvalue weighted by Gasteiger charge is -2.17. The van der Waals surface area contributed by atoms with Gasteiger partial charge in [0.2, 0.25) is 5.91 Å². The zero-order chi connectivity index (χ0) is 19.9. The van der Waals surface area contributed by atoms with Gasteiger partial charge in [-0.2, -0.15) is 13.2 Å². The Kier molecular flexibility index (Phi) is 4.91. The molecule has 1 saturated carbocycles. The Morgan fingerprint density at radius 3 is 2.39 bits per heavy atom. The first-order valence-electron chi connectivity index (χ1n) is 9.59. The number of carbonyl (C=O) groups is 1. The molecule has 4 atom stereocenters. The van der Waals surface area contributed by atoms with Gasteiger partial charge in [0.1, 0.15) is 0 Å². The summed E-state index contributed by atoms with van der Waals surface area (Å²) >= 11 is 0. The lowest BCUT2D eigenvalue weighted by Crippen LogP contribution is -2.31. The van der Waals surface area contributed by atoms with Crippen LogP contribution in [0.4, 0.5) is 13.2 Å². The Balaban J connectivity index is 1.45. The van der Waals surface area contributed by atoms with Crippen LogP contribution in [0.3, 0.4) is 0 Å². The van der Waals surface area contributed by atoms with E-state index in [2.05, 4.69) is 12.1 Å². The molecule has 0 radical (unpaired) electrons. The van der Waals surface area contributed by atoms with Gasteiger partial charge in [-0.05, 0) is 42.0 Å². The molecule has 28 heavy (non-hydrogen) atoms. The van der Waals surface area contributed by atoms with Crippen molar-refractivity contribution in [2.75, 3.05) is 19.6 Å². The summed E-state index contributed by atoms with van der Waals surface area (Å²) < 4.78 is 38.9. The maximum absolute atomic E-state index is 13.0. The molecule has 0 spiro atoms. The van der Waals surface area contributed by atoms with Crippen LogP contribution in [0.5, 0.6) is 0 Å². The second kappa shape index (κ2) is 7.24. The highest BCUT2D eigenvalue weighted by atomic mass is 19.4. The summed E-state index contributed by atoms with van der Waals surface area (Å²) in [6.45, 7) is 1.74. The molecule has 2 fully saturated rings. The molecule has 0 aromatic heterocycles. The molecule has 1 heterocycles. The molecule has 2 aromatic carbocycles. The summed E-state index contributed by atoms with van der Waals surface area (Å²) in [4.78, 5) is 14.8. The van der Waals surface area contributed by atoms with E-state index < -0.39 is 11.7 Å². The van der Waals surface area contributed by atoms with Gasteiger partial charge in [-0.3, -0.25) is 4.79 Å². The van der Waals surface area contributed by atoms with Gasteiger partial charge in [0.15, 0.2) is 0 Å². The number of halogens is 3. The average Bonchev–Trinajstić information content (AvgIpc) is 3.38. The van der Waals surface area contributed by atoms with Crippen molar-refractivity contribution in [2.24, 2.45) is 17.6 Å². The standard InChI is InChI=1S/C22H23F3N2O/c23-22(24,25)17-8-4-7-15(9-17)18-10-19(18)21(28)27-12-16(11-26)20(13-27)14-5-2-1-3-6-14/h1-9,16,18-20H,10-13,26H2/t16-,18?,19?,20+/m1/s1. The van der Waals surface area contributed by atoms with Gasteiger partial charge in [-0.1, -0.05) is 48.5 Å². The highest BCUT2D eigenvalue weighted by molar-refractivity contribution is 5.83. The number of nitrogens with zero attached hydrogens (tertiary/aromatic N) is 1. The molecule has 3 nitrogen and oxygen atoms in total. The zero-order valence-corrected chi connectivity index (χ0v) is 15.4. The molecule has 2 aliphatic rings. The Bertz CT molecular complexity index is 852. The zero-order valence-electron chi connectivity index (χ0n) is 15.4. The van der Waals surface area contributed by atoms with Gasteiger partial charge >= 0.3 is 6.18 Å². The van der Waals surface area contributed by atoms with Crippen molar-refractivity contribution in [1.29, 1.82) is 0 Å². The van der Waals surface area contributed by atoms with Gasteiger partial charge in [0, 0.05) is 24.9 Å². The van der Waals surface area contributed by atoms with Crippen molar-refractivity contribution in [3.63, 3.8) is 0 Å². The number of likely N-dealkylation sites (tertiary alicyclic amines) is 1. The third-order valence-electron chi connectivity index (χ3n) is 6.03. The number of hydrogen-bond donors (Lipinski definition) is 1. The lowest BCUT2D eigenvalue weighted by atomic mass is 9.89. The molecule has 148 valence electrons. The van der Waals surface area contributed by atoms with Gasteiger partial charge < -0.3 is 10.6 Å². The van der Waals surface area contributed by atoms with Gasteiger partial charge in [0.05, 0.1) is 5.56 Å². The number of benzene rings is 2. The third-order valence-corrected chi connectivity index (χ3v) is 6.03. The van der Waals surface area contributed by atoms with E-state index in [9.17, 15) is 18.0 Å². The minimum atomic E-state index is -4.36. The molecule has 1 aliphatic carbocycles. The summed E-state index contributed by atoms with van der Waals surface area (Å²) in [5.74, 6) is 0.107. The fraction of sp³-hybridized carbons (Fsp3) is 0.409. The molecule has 2 N–H and O–H groups in total. The first-order chi connectivity index (χ1) is 13.4.